The van der Waals surface area contributed by atoms with Crippen molar-refractivity contribution in [3.8, 4) is 0 Å². The molecule has 2 aliphatic rings. The molecular weight excluding hydrogens is 342 g/mol. The smallest absolute Gasteiger partial charge is 0.308 e. The van der Waals surface area contributed by atoms with Crippen molar-refractivity contribution >= 4 is 21.7 Å². The van der Waals surface area contributed by atoms with Gasteiger partial charge in [0.05, 0.1) is 23.5 Å². The van der Waals surface area contributed by atoms with E-state index in [1.54, 1.807) is 19.1 Å². The van der Waals surface area contributed by atoms with Crippen LogP contribution in [0.25, 0.3) is 0 Å². The van der Waals surface area contributed by atoms with Crippen LogP contribution in [-0.2, 0) is 19.4 Å². The van der Waals surface area contributed by atoms with Crippen LogP contribution in [0.1, 0.15) is 37.8 Å². The van der Waals surface area contributed by atoms with Crippen LogP contribution < -0.4 is 5.32 Å². The van der Waals surface area contributed by atoms with E-state index in [1.165, 1.54) is 0 Å². The number of benzene rings is 1. The van der Waals surface area contributed by atoms with Gasteiger partial charge in [-0.25, -0.2) is 8.42 Å². The zero-order valence-electron chi connectivity index (χ0n) is 14.1. The number of hydrogen-bond acceptors (Lipinski definition) is 4. The highest BCUT2D eigenvalue weighted by Gasteiger charge is 2.59. The van der Waals surface area contributed by atoms with Gasteiger partial charge >= 0.3 is 5.97 Å². The Kier molecular flexibility index (Phi) is 4.62. The lowest BCUT2D eigenvalue weighted by atomic mass is 9.93. The van der Waals surface area contributed by atoms with E-state index in [1.807, 2.05) is 18.2 Å². The van der Waals surface area contributed by atoms with Gasteiger partial charge in [-0.3, -0.25) is 9.59 Å². The van der Waals surface area contributed by atoms with E-state index < -0.39 is 27.8 Å². The number of nitrogens with one attached hydrogen (secondary N) is 1. The molecule has 0 aromatic heterocycles. The van der Waals surface area contributed by atoms with E-state index in [9.17, 15) is 23.1 Å². The fraction of sp³-hybridized carbons (Fsp3) is 0.556. The number of amides is 1. The van der Waals surface area contributed by atoms with Crippen molar-refractivity contribution in [1.82, 2.24) is 5.32 Å². The van der Waals surface area contributed by atoms with E-state index in [4.69, 9.17) is 0 Å². The first-order chi connectivity index (χ1) is 11.7. The monoisotopic (exact) mass is 365 g/mol. The lowest BCUT2D eigenvalue weighted by Gasteiger charge is -2.25. The number of rotatable bonds is 5. The molecule has 1 aromatic carbocycles. The molecule has 3 unspecified atom stereocenters. The third kappa shape index (κ3) is 3.71. The van der Waals surface area contributed by atoms with Gasteiger partial charge in [0.25, 0.3) is 0 Å². The largest absolute Gasteiger partial charge is 0.481 e. The fourth-order valence-electron chi connectivity index (χ4n) is 3.77. The first-order valence-electron chi connectivity index (χ1n) is 8.53. The maximum atomic E-state index is 12.7. The number of carboxylic acids is 1. The Hall–Kier alpha value is -1.89. The summed E-state index contributed by atoms with van der Waals surface area (Å²) in [6.07, 6.45) is 1.74. The third-order valence-corrected chi connectivity index (χ3v) is 7.33. The number of sulfone groups is 1. The van der Waals surface area contributed by atoms with Crippen LogP contribution in [0.2, 0.25) is 0 Å². The Morgan fingerprint density at radius 1 is 1.20 bits per heavy atom. The Labute approximate surface area is 147 Å². The third-order valence-electron chi connectivity index (χ3n) is 5.67. The summed E-state index contributed by atoms with van der Waals surface area (Å²) >= 11 is 0. The van der Waals surface area contributed by atoms with Crippen molar-refractivity contribution in [3.63, 3.8) is 0 Å². The molecule has 1 aliphatic carbocycles. The molecule has 1 aromatic rings. The molecule has 2 N–H and O–H groups in total. The van der Waals surface area contributed by atoms with E-state index in [0.717, 1.165) is 5.56 Å². The molecule has 1 saturated heterocycles. The van der Waals surface area contributed by atoms with Crippen molar-refractivity contribution in [3.05, 3.63) is 35.9 Å². The summed E-state index contributed by atoms with van der Waals surface area (Å²) in [4.78, 5) is 24.1. The van der Waals surface area contributed by atoms with E-state index >= 15 is 0 Å². The number of aliphatic carboxylic acids is 1. The van der Waals surface area contributed by atoms with Crippen LogP contribution in [0.3, 0.4) is 0 Å². The average Bonchev–Trinajstić information content (AvgIpc) is 3.30. The first-order valence-corrected chi connectivity index (χ1v) is 10.3. The van der Waals surface area contributed by atoms with Gasteiger partial charge in [0.2, 0.25) is 5.91 Å². The molecule has 1 aliphatic heterocycles. The van der Waals surface area contributed by atoms with Crippen LogP contribution in [-0.4, -0.2) is 36.9 Å². The first kappa shape index (κ1) is 17.9. The minimum atomic E-state index is -2.96. The highest BCUT2D eigenvalue weighted by molar-refractivity contribution is 7.91. The molecule has 2 fully saturated rings. The molecule has 0 bridgehead atoms. The summed E-state index contributed by atoms with van der Waals surface area (Å²) < 4.78 is 23.2. The molecule has 6 nitrogen and oxygen atoms in total. The van der Waals surface area contributed by atoms with Crippen LogP contribution in [0, 0.1) is 17.3 Å². The summed E-state index contributed by atoms with van der Waals surface area (Å²) in [6, 6.07) is 8.48. The van der Waals surface area contributed by atoms with Crippen molar-refractivity contribution in [2.24, 2.45) is 17.3 Å². The van der Waals surface area contributed by atoms with Gasteiger partial charge in [0, 0.05) is 5.92 Å². The van der Waals surface area contributed by atoms with Crippen molar-refractivity contribution in [2.75, 3.05) is 11.5 Å². The second-order valence-electron chi connectivity index (χ2n) is 7.29. The van der Waals surface area contributed by atoms with E-state index in [0.29, 0.717) is 19.3 Å². The normalized spacial score (nSPS) is 25.7. The lowest BCUT2D eigenvalue weighted by molar-refractivity contribution is -0.142. The van der Waals surface area contributed by atoms with Crippen LogP contribution in [0.4, 0.5) is 0 Å². The maximum absolute atomic E-state index is 12.7. The number of carbonyl (C=O) groups excluding carboxylic acids is 1. The average molecular weight is 365 g/mol. The molecule has 7 heteroatoms. The Morgan fingerprint density at radius 3 is 2.36 bits per heavy atom. The summed E-state index contributed by atoms with van der Waals surface area (Å²) in [7, 11) is -2.96. The zero-order valence-corrected chi connectivity index (χ0v) is 15.0. The topological polar surface area (TPSA) is 101 Å². The van der Waals surface area contributed by atoms with Gasteiger partial charge in [-0.1, -0.05) is 30.3 Å². The van der Waals surface area contributed by atoms with Crippen LogP contribution in [0.15, 0.2) is 30.3 Å². The number of carbonyl (C=O) groups is 2. The van der Waals surface area contributed by atoms with Gasteiger partial charge in [-0.2, -0.15) is 0 Å². The lowest BCUT2D eigenvalue weighted by Crippen LogP contribution is -2.38. The van der Waals surface area contributed by atoms with Gasteiger partial charge in [0.1, 0.15) is 9.84 Å². The van der Waals surface area contributed by atoms with Gasteiger partial charge < -0.3 is 10.4 Å². The Bertz CT molecular complexity index is 760. The predicted octanol–water partition coefficient (Wildman–Crippen LogP) is 1.78. The molecule has 1 amide bonds. The zero-order chi connectivity index (χ0) is 18.2. The van der Waals surface area contributed by atoms with Crippen molar-refractivity contribution in [1.29, 1.82) is 0 Å². The number of hydrogen-bond donors (Lipinski definition) is 2. The van der Waals surface area contributed by atoms with Crippen molar-refractivity contribution in [2.45, 2.75) is 32.2 Å². The molecule has 1 heterocycles. The second-order valence-corrected chi connectivity index (χ2v) is 9.60. The molecule has 25 heavy (non-hydrogen) atoms. The molecule has 0 radical (unpaired) electrons. The fourth-order valence-corrected chi connectivity index (χ4v) is 5.41. The van der Waals surface area contributed by atoms with Crippen LogP contribution >= 0.6 is 0 Å². The van der Waals surface area contributed by atoms with E-state index in [2.05, 4.69) is 5.32 Å². The summed E-state index contributed by atoms with van der Waals surface area (Å²) in [6.45, 7) is 1.58. The standard InChI is InChI=1S/C18H23NO5S/c1-12(17(21)22)15(13-5-3-2-4-6-13)19-16(20)14-11-18(14)7-9-25(23,24)10-8-18/h2-6,12,14-15H,7-11H2,1H3,(H,19,20)(H,21,22). The molecular formula is C18H23NO5S. The Morgan fingerprint density at radius 2 is 1.80 bits per heavy atom. The minimum absolute atomic E-state index is 0.143. The molecule has 1 spiro atoms. The Balaban J connectivity index is 1.71. The quantitative estimate of drug-likeness (QED) is 0.828. The highest BCUT2D eigenvalue weighted by Crippen LogP contribution is 2.60. The van der Waals surface area contributed by atoms with Gasteiger partial charge in [-0.15, -0.1) is 0 Å². The highest BCUT2D eigenvalue weighted by atomic mass is 32.2. The summed E-state index contributed by atoms with van der Waals surface area (Å²) in [5, 5.41) is 12.3. The number of carboxylic acid groups (broad SMARTS) is 1. The minimum Gasteiger partial charge on any atom is -0.481 e. The molecule has 136 valence electrons. The second kappa shape index (κ2) is 6.44. The van der Waals surface area contributed by atoms with Crippen molar-refractivity contribution < 1.29 is 23.1 Å². The maximum Gasteiger partial charge on any atom is 0.308 e. The van der Waals surface area contributed by atoms with Crippen LogP contribution in [0.5, 0.6) is 0 Å². The molecule has 3 atom stereocenters. The van der Waals surface area contributed by atoms with Gasteiger partial charge in [0.15, 0.2) is 0 Å². The predicted molar refractivity (Wildman–Crippen MR) is 92.6 cm³/mol. The molecule has 1 saturated carbocycles. The SMILES string of the molecule is CC(C(=O)O)C(NC(=O)C1CC12CCS(=O)(=O)CC2)c1ccccc1. The summed E-state index contributed by atoms with van der Waals surface area (Å²) in [5.41, 5.74) is 0.551. The summed E-state index contributed by atoms with van der Waals surface area (Å²) in [5.74, 6) is -1.82. The van der Waals surface area contributed by atoms with E-state index in [-0.39, 0.29) is 28.7 Å². The molecule has 3 rings (SSSR count). The van der Waals surface area contributed by atoms with Gasteiger partial charge in [-0.05, 0) is 37.2 Å².